The second-order valence-electron chi connectivity index (χ2n) is 7.07. The molecule has 0 radical (unpaired) electrons. The van der Waals surface area contributed by atoms with Gasteiger partial charge in [-0.15, -0.1) is 0 Å². The van der Waals surface area contributed by atoms with Crippen molar-refractivity contribution in [3.8, 4) is 11.9 Å². The van der Waals surface area contributed by atoms with Gasteiger partial charge in [0.2, 0.25) is 11.8 Å². The Kier molecular flexibility index (Phi) is 6.07. The monoisotopic (exact) mass is 367 g/mol. The van der Waals surface area contributed by atoms with Gasteiger partial charge in [0.15, 0.2) is 0 Å². The van der Waals surface area contributed by atoms with Gasteiger partial charge < -0.3 is 10.1 Å². The van der Waals surface area contributed by atoms with Gasteiger partial charge in [-0.25, -0.2) is 4.98 Å². The lowest BCUT2D eigenvalue weighted by atomic mass is 9.92. The number of aromatic nitrogens is 3. The maximum Gasteiger partial charge on any atom is 0.220 e. The molecule has 1 aliphatic carbocycles. The van der Waals surface area contributed by atoms with E-state index < -0.39 is 0 Å². The highest BCUT2D eigenvalue weighted by Gasteiger charge is 2.24. The first-order valence-corrected chi connectivity index (χ1v) is 9.37. The van der Waals surface area contributed by atoms with E-state index in [1.165, 1.54) is 6.20 Å². The number of ether oxygens (including phenoxy) is 1. The molecule has 1 amide bonds. The summed E-state index contributed by atoms with van der Waals surface area (Å²) >= 11 is 0. The first-order valence-electron chi connectivity index (χ1n) is 9.37. The lowest BCUT2D eigenvalue weighted by molar-refractivity contribution is -0.122. The van der Waals surface area contributed by atoms with Gasteiger partial charge in [0.05, 0.1) is 11.3 Å². The Balaban J connectivity index is 1.39. The molecule has 142 valence electrons. The predicted octanol–water partition coefficient (Wildman–Crippen LogP) is 2.73. The van der Waals surface area contributed by atoms with Crippen LogP contribution in [0.1, 0.15) is 54.6 Å². The zero-order chi connectivity index (χ0) is 19.2. The number of carbonyl (C=O) groups excluding carboxylic acids is 1. The number of hydrogen-bond donors (Lipinski definition) is 2. The van der Waals surface area contributed by atoms with Gasteiger partial charge in [0.1, 0.15) is 12.2 Å². The summed E-state index contributed by atoms with van der Waals surface area (Å²) in [5.74, 6) is 0.639. The minimum Gasteiger partial charge on any atom is -0.474 e. The third kappa shape index (κ3) is 5.07. The zero-order valence-electron chi connectivity index (χ0n) is 15.8. The van der Waals surface area contributed by atoms with Gasteiger partial charge in [-0.2, -0.15) is 10.4 Å². The van der Waals surface area contributed by atoms with Crippen molar-refractivity contribution in [3.63, 3.8) is 0 Å². The summed E-state index contributed by atoms with van der Waals surface area (Å²) in [6.07, 6.45) is 6.38. The third-order valence-electron chi connectivity index (χ3n) is 5.07. The topological polar surface area (TPSA) is 104 Å². The number of H-pyrrole nitrogens is 1. The van der Waals surface area contributed by atoms with Crippen LogP contribution in [0.4, 0.5) is 0 Å². The van der Waals surface area contributed by atoms with E-state index in [9.17, 15) is 4.79 Å². The number of rotatable bonds is 6. The largest absolute Gasteiger partial charge is 0.474 e. The van der Waals surface area contributed by atoms with Crippen LogP contribution in [-0.2, 0) is 11.2 Å². The van der Waals surface area contributed by atoms with Gasteiger partial charge in [-0.1, -0.05) is 0 Å². The molecule has 0 aromatic carbocycles. The van der Waals surface area contributed by atoms with Crippen LogP contribution in [-0.4, -0.2) is 33.2 Å². The molecule has 1 saturated carbocycles. The number of carbonyl (C=O) groups is 1. The molecule has 3 rings (SSSR count). The molecule has 1 fully saturated rings. The molecule has 7 nitrogen and oxygen atoms in total. The van der Waals surface area contributed by atoms with E-state index in [1.807, 2.05) is 19.9 Å². The van der Waals surface area contributed by atoms with Gasteiger partial charge in [0.25, 0.3) is 0 Å². The normalized spacial score (nSPS) is 19.3. The Morgan fingerprint density at radius 1 is 1.33 bits per heavy atom. The summed E-state index contributed by atoms with van der Waals surface area (Å²) in [6.45, 7) is 3.94. The van der Waals surface area contributed by atoms with Crippen LogP contribution in [0.15, 0.2) is 18.3 Å². The van der Waals surface area contributed by atoms with E-state index in [2.05, 4.69) is 20.5 Å². The predicted molar refractivity (Wildman–Crippen MR) is 100 cm³/mol. The maximum atomic E-state index is 12.3. The molecule has 7 heteroatoms. The van der Waals surface area contributed by atoms with Crippen molar-refractivity contribution in [3.05, 3.63) is 40.8 Å². The fraction of sp³-hybridized carbons (Fsp3) is 0.500. The number of aromatic amines is 1. The highest BCUT2D eigenvalue weighted by atomic mass is 16.5. The van der Waals surface area contributed by atoms with E-state index >= 15 is 0 Å². The number of pyridine rings is 1. The van der Waals surface area contributed by atoms with Crippen molar-refractivity contribution in [1.29, 1.82) is 5.26 Å². The van der Waals surface area contributed by atoms with Crippen LogP contribution in [0.25, 0.3) is 0 Å². The van der Waals surface area contributed by atoms with Gasteiger partial charge in [-0.05, 0) is 57.6 Å². The Bertz CT molecular complexity index is 794. The molecule has 2 aromatic heterocycles. The minimum absolute atomic E-state index is 0.0909. The fourth-order valence-electron chi connectivity index (χ4n) is 3.49. The number of hydrogen-bond acceptors (Lipinski definition) is 5. The van der Waals surface area contributed by atoms with Crippen LogP contribution in [0.2, 0.25) is 0 Å². The number of nitriles is 1. The number of nitrogens with zero attached hydrogens (tertiary/aromatic N) is 3. The first kappa shape index (κ1) is 18.9. The quantitative estimate of drug-likeness (QED) is 0.817. The molecule has 2 aromatic rings. The minimum atomic E-state index is 0.0909. The van der Waals surface area contributed by atoms with Crippen LogP contribution in [0.5, 0.6) is 5.88 Å². The number of amides is 1. The fourth-order valence-corrected chi connectivity index (χ4v) is 3.49. The van der Waals surface area contributed by atoms with Crippen molar-refractivity contribution in [2.75, 3.05) is 0 Å². The molecule has 0 bridgehead atoms. The SMILES string of the molecule is Cc1n[nH]c(C)c1CCC(=O)NC1CCC(Oc2ccc(C#N)cn2)CC1. The average molecular weight is 367 g/mol. The molecule has 0 spiro atoms. The highest BCUT2D eigenvalue weighted by Crippen LogP contribution is 2.23. The third-order valence-corrected chi connectivity index (χ3v) is 5.07. The molecular formula is C20H25N5O2. The Hall–Kier alpha value is -2.88. The lowest BCUT2D eigenvalue weighted by Gasteiger charge is -2.29. The maximum absolute atomic E-state index is 12.3. The average Bonchev–Trinajstić information content (AvgIpc) is 3.00. The molecular weight excluding hydrogens is 342 g/mol. The van der Waals surface area contributed by atoms with Gasteiger partial charge in [0, 0.05) is 30.4 Å². The summed E-state index contributed by atoms with van der Waals surface area (Å²) in [7, 11) is 0. The van der Waals surface area contributed by atoms with E-state index in [4.69, 9.17) is 10.00 Å². The van der Waals surface area contributed by atoms with Crippen LogP contribution < -0.4 is 10.1 Å². The molecule has 27 heavy (non-hydrogen) atoms. The zero-order valence-corrected chi connectivity index (χ0v) is 15.8. The van der Waals surface area contributed by atoms with Crippen molar-refractivity contribution >= 4 is 5.91 Å². The summed E-state index contributed by atoms with van der Waals surface area (Å²) < 4.78 is 5.89. The lowest BCUT2D eigenvalue weighted by Crippen LogP contribution is -2.39. The molecule has 2 N–H and O–H groups in total. The summed E-state index contributed by atoms with van der Waals surface area (Å²) in [5, 5.41) is 19.1. The molecule has 0 aliphatic heterocycles. The van der Waals surface area contributed by atoms with Crippen molar-refractivity contribution < 1.29 is 9.53 Å². The van der Waals surface area contributed by atoms with E-state index in [-0.39, 0.29) is 18.1 Å². The molecule has 2 heterocycles. The Labute approximate surface area is 159 Å². The molecule has 1 aliphatic rings. The number of aryl methyl sites for hydroxylation is 2. The Morgan fingerprint density at radius 3 is 2.70 bits per heavy atom. The van der Waals surface area contributed by atoms with E-state index in [0.29, 0.717) is 24.3 Å². The standard InChI is InChI=1S/C20H25N5O2/c1-13-18(14(2)25-24-13)8-9-19(26)23-16-4-6-17(7-5-16)27-20-10-3-15(11-21)12-22-20/h3,10,12,16-17H,4-9H2,1-2H3,(H,23,26)(H,24,25). The van der Waals surface area contributed by atoms with Crippen molar-refractivity contribution in [2.45, 2.75) is 64.5 Å². The van der Waals surface area contributed by atoms with Gasteiger partial charge >= 0.3 is 0 Å². The van der Waals surface area contributed by atoms with Crippen molar-refractivity contribution in [1.82, 2.24) is 20.5 Å². The van der Waals surface area contributed by atoms with Gasteiger partial charge in [-0.3, -0.25) is 9.89 Å². The second-order valence-corrected chi connectivity index (χ2v) is 7.07. The van der Waals surface area contributed by atoms with Crippen LogP contribution in [0, 0.1) is 25.2 Å². The van der Waals surface area contributed by atoms with Crippen LogP contribution in [0.3, 0.4) is 0 Å². The summed E-state index contributed by atoms with van der Waals surface area (Å²) in [5.41, 5.74) is 3.66. The first-order chi connectivity index (χ1) is 13.0. The van der Waals surface area contributed by atoms with E-state index in [1.54, 1.807) is 12.1 Å². The van der Waals surface area contributed by atoms with Crippen molar-refractivity contribution in [2.24, 2.45) is 0 Å². The Morgan fingerprint density at radius 2 is 2.11 bits per heavy atom. The summed E-state index contributed by atoms with van der Waals surface area (Å²) in [6, 6.07) is 5.68. The van der Waals surface area contributed by atoms with Crippen LogP contribution >= 0.6 is 0 Å². The number of nitrogens with one attached hydrogen (secondary N) is 2. The highest BCUT2D eigenvalue weighted by molar-refractivity contribution is 5.76. The smallest absolute Gasteiger partial charge is 0.220 e. The van der Waals surface area contributed by atoms with E-state index in [0.717, 1.165) is 42.6 Å². The molecule has 0 unspecified atom stereocenters. The molecule has 0 atom stereocenters. The second kappa shape index (κ2) is 8.67. The summed E-state index contributed by atoms with van der Waals surface area (Å²) in [4.78, 5) is 16.4. The molecule has 0 saturated heterocycles.